The monoisotopic (exact) mass is 613 g/mol. The van der Waals surface area contributed by atoms with E-state index in [9.17, 15) is 19.6 Å². The molecule has 210 valence electrons. The van der Waals surface area contributed by atoms with Gasteiger partial charge >= 0.3 is 0 Å². The van der Waals surface area contributed by atoms with Crippen LogP contribution in [0.3, 0.4) is 0 Å². The first-order valence-electron chi connectivity index (χ1n) is 12.9. The summed E-state index contributed by atoms with van der Waals surface area (Å²) in [6.45, 7) is 0. The summed E-state index contributed by atoms with van der Waals surface area (Å²) in [5, 5.41) is 17.0. The highest BCUT2D eigenvalue weighted by atomic mass is 35.5. The van der Waals surface area contributed by atoms with E-state index in [0.29, 0.717) is 32.4 Å². The fraction of sp³-hybridized carbons (Fsp3) is 0.0909. The Morgan fingerprint density at radius 1 is 0.810 bits per heavy atom. The Hall–Kier alpha value is -4.35. The number of ketones is 1. The summed E-state index contributed by atoms with van der Waals surface area (Å²) in [5.41, 5.74) is 2.02. The van der Waals surface area contributed by atoms with Gasteiger partial charge in [-0.25, -0.2) is 0 Å². The molecule has 2 amide bonds. The third kappa shape index (κ3) is 8.34. The number of hydrogen-bond donors (Lipinski definition) is 2. The van der Waals surface area contributed by atoms with Crippen LogP contribution in [0.25, 0.3) is 0 Å². The molecule has 0 bridgehead atoms. The molecule has 42 heavy (non-hydrogen) atoms. The molecule has 0 heterocycles. The minimum absolute atomic E-state index is 0.0867. The number of carbonyl (C=O) groups is 3. The molecule has 0 radical (unpaired) electrons. The normalized spacial score (nSPS) is 11.9. The summed E-state index contributed by atoms with van der Waals surface area (Å²) in [5.74, 6) is -1.98. The first-order valence-corrected chi connectivity index (χ1v) is 14.6. The number of hydrogen-bond acceptors (Lipinski definition) is 5. The number of allylic oxidation sites excluding steroid dienone is 1. The van der Waals surface area contributed by atoms with Crippen molar-refractivity contribution in [1.82, 2.24) is 5.32 Å². The zero-order valence-corrected chi connectivity index (χ0v) is 24.5. The lowest BCUT2D eigenvalue weighted by Crippen LogP contribution is -2.25. The van der Waals surface area contributed by atoms with Crippen molar-refractivity contribution in [3.63, 3.8) is 0 Å². The molecule has 9 heteroatoms. The van der Waals surface area contributed by atoms with E-state index in [2.05, 4.69) is 16.7 Å². The molecule has 0 aliphatic carbocycles. The third-order valence-corrected chi connectivity index (χ3v) is 7.79. The van der Waals surface area contributed by atoms with Crippen LogP contribution < -0.4 is 10.6 Å². The van der Waals surface area contributed by atoms with Crippen LogP contribution in [0, 0.1) is 11.3 Å². The number of rotatable bonds is 11. The van der Waals surface area contributed by atoms with Gasteiger partial charge in [-0.05, 0) is 42.0 Å². The number of benzene rings is 4. The average Bonchev–Trinajstić information content (AvgIpc) is 3.00. The number of amides is 2. The van der Waals surface area contributed by atoms with Gasteiger partial charge in [0.15, 0.2) is 5.78 Å². The van der Waals surface area contributed by atoms with Crippen LogP contribution in [-0.2, 0) is 4.79 Å². The molecule has 0 saturated carbocycles. The average molecular weight is 615 g/mol. The number of carbonyl (C=O) groups excluding carboxylic acids is 3. The van der Waals surface area contributed by atoms with E-state index in [4.69, 9.17) is 23.2 Å². The second-order valence-electron chi connectivity index (χ2n) is 9.09. The van der Waals surface area contributed by atoms with Crippen molar-refractivity contribution < 1.29 is 14.4 Å². The number of nitrogens with zero attached hydrogens (tertiary/aromatic N) is 1. The molecule has 0 saturated heterocycles. The third-order valence-electron chi connectivity index (χ3n) is 6.20. The molecule has 0 aromatic heterocycles. The zero-order valence-electron chi connectivity index (χ0n) is 22.2. The number of nitrogens with one attached hydrogen (secondary N) is 2. The number of halogens is 2. The molecule has 2 N–H and O–H groups in total. The minimum Gasteiger partial charge on any atom is -0.325 e. The van der Waals surface area contributed by atoms with Crippen molar-refractivity contribution >= 4 is 58.2 Å². The maximum atomic E-state index is 13.4. The summed E-state index contributed by atoms with van der Waals surface area (Å²) in [6.07, 6.45) is -0.0867. The predicted octanol–water partition coefficient (Wildman–Crippen LogP) is 7.89. The molecule has 1 unspecified atom stereocenters. The Morgan fingerprint density at radius 2 is 1.45 bits per heavy atom. The smallest absolute Gasteiger partial charge is 0.256 e. The van der Waals surface area contributed by atoms with Crippen LogP contribution in [0.5, 0.6) is 0 Å². The van der Waals surface area contributed by atoms with Crippen molar-refractivity contribution in [3.8, 4) is 6.07 Å². The number of Topliss-reactive ketones (excluding diaryl/α,β-unsaturated/α-hetero) is 1. The van der Waals surface area contributed by atoms with Gasteiger partial charge in [-0.3, -0.25) is 14.4 Å². The van der Waals surface area contributed by atoms with Gasteiger partial charge < -0.3 is 10.6 Å². The minimum atomic E-state index is -0.800. The van der Waals surface area contributed by atoms with E-state index >= 15 is 0 Å². The van der Waals surface area contributed by atoms with Gasteiger partial charge in [-0.1, -0.05) is 108 Å². The quantitative estimate of drug-likeness (QED) is 0.132. The predicted molar refractivity (Wildman–Crippen MR) is 169 cm³/mol. The Kier molecular flexibility index (Phi) is 11.0. The van der Waals surface area contributed by atoms with E-state index in [1.807, 2.05) is 6.07 Å². The molecule has 1 atom stereocenters. The highest BCUT2D eigenvalue weighted by Crippen LogP contribution is 2.37. The van der Waals surface area contributed by atoms with Gasteiger partial charge in [0.05, 0.1) is 22.4 Å². The molecular formula is C33H25Cl2N3O3S. The van der Waals surface area contributed by atoms with E-state index in [1.165, 1.54) is 0 Å². The van der Waals surface area contributed by atoms with Crippen molar-refractivity contribution in [3.05, 3.63) is 147 Å². The fourth-order valence-electron chi connectivity index (χ4n) is 4.19. The van der Waals surface area contributed by atoms with Crippen molar-refractivity contribution in [2.45, 2.75) is 12.3 Å². The van der Waals surface area contributed by atoms with Crippen LogP contribution in [0.15, 0.2) is 120 Å². The second kappa shape index (κ2) is 15.0. The van der Waals surface area contributed by atoms with Gasteiger partial charge in [-0.2, -0.15) is 5.26 Å². The first-order chi connectivity index (χ1) is 20.4. The lowest BCUT2D eigenvalue weighted by molar-refractivity contribution is -0.113. The van der Waals surface area contributed by atoms with Gasteiger partial charge in [0, 0.05) is 39.2 Å². The van der Waals surface area contributed by atoms with E-state index in [-0.39, 0.29) is 34.5 Å². The summed E-state index contributed by atoms with van der Waals surface area (Å²) in [6, 6.07) is 33.1. The highest BCUT2D eigenvalue weighted by molar-refractivity contribution is 8.03. The fourth-order valence-corrected chi connectivity index (χ4v) is 5.50. The second-order valence-corrected chi connectivity index (χ2v) is 10.9. The van der Waals surface area contributed by atoms with Crippen molar-refractivity contribution in [1.29, 1.82) is 5.26 Å². The summed E-state index contributed by atoms with van der Waals surface area (Å²) in [4.78, 5) is 39.5. The first kappa shape index (κ1) is 30.6. The van der Waals surface area contributed by atoms with Crippen LogP contribution in [-0.4, -0.2) is 23.4 Å². The SMILES string of the molecule is N#C/C(=C(/NC(=O)c1ccccc1)SCC(=O)Nc1cccc(Cl)c1)C(CC(=O)c1ccccc1)c1ccccc1Cl. The van der Waals surface area contributed by atoms with Crippen LogP contribution in [0.4, 0.5) is 5.69 Å². The Balaban J connectivity index is 1.72. The highest BCUT2D eigenvalue weighted by Gasteiger charge is 2.28. The Labute approximate surface area is 258 Å². The lowest BCUT2D eigenvalue weighted by atomic mass is 9.86. The number of thioether (sulfide) groups is 1. The maximum Gasteiger partial charge on any atom is 0.256 e. The molecule has 0 fully saturated rings. The lowest BCUT2D eigenvalue weighted by Gasteiger charge is -2.21. The van der Waals surface area contributed by atoms with Gasteiger partial charge in [0.1, 0.15) is 0 Å². The molecule has 4 aromatic rings. The van der Waals surface area contributed by atoms with Gasteiger partial charge in [0.2, 0.25) is 5.91 Å². The van der Waals surface area contributed by atoms with Crippen LogP contribution >= 0.6 is 35.0 Å². The van der Waals surface area contributed by atoms with Gasteiger partial charge in [-0.15, -0.1) is 0 Å². The standard InChI is InChI=1S/C33H25Cl2N3O3S/c34-24-14-9-15-25(18-24)37-31(40)21-42-33(38-32(41)23-12-5-2-6-13-23)28(20-36)27(26-16-7-8-17-29(26)35)19-30(39)22-10-3-1-4-11-22/h1-18,27H,19,21H2,(H,37,40)(H,38,41)/b33-28+. The number of anilines is 1. The summed E-state index contributed by atoms with van der Waals surface area (Å²) >= 11 is 13.6. The Bertz CT molecular complexity index is 1650. The van der Waals surface area contributed by atoms with E-state index in [1.54, 1.807) is 103 Å². The molecule has 0 spiro atoms. The molecular weight excluding hydrogens is 589 g/mol. The largest absolute Gasteiger partial charge is 0.325 e. The molecule has 0 aliphatic rings. The summed E-state index contributed by atoms with van der Waals surface area (Å²) in [7, 11) is 0. The molecule has 4 rings (SSSR count). The summed E-state index contributed by atoms with van der Waals surface area (Å²) < 4.78 is 0. The van der Waals surface area contributed by atoms with Crippen LogP contribution in [0.2, 0.25) is 10.0 Å². The molecule has 6 nitrogen and oxygen atoms in total. The molecule has 4 aromatic carbocycles. The Morgan fingerprint density at radius 3 is 2.10 bits per heavy atom. The topological polar surface area (TPSA) is 99.1 Å². The van der Waals surface area contributed by atoms with Crippen molar-refractivity contribution in [2.75, 3.05) is 11.1 Å². The zero-order chi connectivity index (χ0) is 29.9. The van der Waals surface area contributed by atoms with Gasteiger partial charge in [0.25, 0.3) is 5.91 Å². The van der Waals surface area contributed by atoms with Crippen molar-refractivity contribution in [2.24, 2.45) is 0 Å². The maximum absolute atomic E-state index is 13.4. The van der Waals surface area contributed by atoms with E-state index < -0.39 is 11.8 Å². The molecule has 0 aliphatic heterocycles. The van der Waals surface area contributed by atoms with E-state index in [0.717, 1.165) is 11.8 Å². The number of nitriles is 1. The van der Waals surface area contributed by atoms with Crippen LogP contribution in [0.1, 0.15) is 38.6 Å².